The van der Waals surface area contributed by atoms with Crippen molar-refractivity contribution < 1.29 is 19.1 Å². The normalized spacial score (nSPS) is 24.7. The number of esters is 1. The molecule has 1 N–H and O–H groups in total. The lowest BCUT2D eigenvalue weighted by Gasteiger charge is -2.33. The van der Waals surface area contributed by atoms with Crippen molar-refractivity contribution in [1.29, 1.82) is 0 Å². The summed E-state index contributed by atoms with van der Waals surface area (Å²) in [5.74, 6) is -0.351. The van der Waals surface area contributed by atoms with Crippen LogP contribution in [0.1, 0.15) is 40.5 Å². The Morgan fingerprint density at radius 3 is 2.44 bits per heavy atom. The van der Waals surface area contributed by atoms with Crippen LogP contribution in [0.15, 0.2) is 0 Å². The molecule has 1 rings (SSSR count). The molecule has 1 fully saturated rings. The van der Waals surface area contributed by atoms with Gasteiger partial charge in [0.1, 0.15) is 11.1 Å². The van der Waals surface area contributed by atoms with Crippen LogP contribution in [0.4, 0.5) is 4.79 Å². The Bertz CT molecular complexity index is 337. The lowest BCUT2D eigenvalue weighted by molar-refractivity contribution is -0.154. The molecule has 6 nitrogen and oxygen atoms in total. The van der Waals surface area contributed by atoms with Crippen LogP contribution in [-0.4, -0.2) is 41.9 Å². The third-order valence-corrected chi connectivity index (χ3v) is 2.89. The number of ether oxygens (including phenoxy) is 2. The van der Waals surface area contributed by atoms with Crippen LogP contribution in [0.5, 0.6) is 0 Å². The average Bonchev–Trinajstić information content (AvgIpc) is 2.57. The molecule has 0 bridgehead atoms. The minimum Gasteiger partial charge on any atom is -0.468 e. The Morgan fingerprint density at radius 1 is 1.33 bits per heavy atom. The molecule has 0 spiro atoms. The highest BCUT2D eigenvalue weighted by molar-refractivity contribution is 5.81. The van der Waals surface area contributed by atoms with E-state index < -0.39 is 17.2 Å². The number of hydrogen-bond acceptors (Lipinski definition) is 5. The van der Waals surface area contributed by atoms with E-state index in [1.807, 2.05) is 0 Å². The predicted octanol–water partition coefficient (Wildman–Crippen LogP) is 1.45. The number of carbonyl (C=O) groups excluding carboxylic acids is 2. The number of rotatable bonds is 2. The van der Waals surface area contributed by atoms with Gasteiger partial charge >= 0.3 is 12.1 Å². The predicted molar refractivity (Wildman–Crippen MR) is 65.7 cm³/mol. The van der Waals surface area contributed by atoms with Crippen molar-refractivity contribution >= 4 is 12.1 Å². The second-order valence-electron chi connectivity index (χ2n) is 5.63. The fourth-order valence-corrected chi connectivity index (χ4v) is 1.99. The van der Waals surface area contributed by atoms with Crippen molar-refractivity contribution in [1.82, 2.24) is 10.4 Å². The van der Waals surface area contributed by atoms with Gasteiger partial charge in [0.25, 0.3) is 0 Å². The molecule has 0 saturated carbocycles. The molecule has 0 aromatic rings. The Balaban J connectivity index is 2.66. The van der Waals surface area contributed by atoms with Crippen LogP contribution >= 0.6 is 0 Å². The van der Waals surface area contributed by atoms with Crippen molar-refractivity contribution in [2.75, 3.05) is 13.7 Å². The van der Waals surface area contributed by atoms with Crippen molar-refractivity contribution in [3.05, 3.63) is 0 Å². The van der Waals surface area contributed by atoms with Crippen molar-refractivity contribution in [3.8, 4) is 0 Å². The first-order valence-electron chi connectivity index (χ1n) is 6.05. The van der Waals surface area contributed by atoms with E-state index in [2.05, 4.69) is 5.43 Å². The monoisotopic (exact) mass is 258 g/mol. The van der Waals surface area contributed by atoms with Gasteiger partial charge in [-0.25, -0.2) is 14.6 Å². The van der Waals surface area contributed by atoms with Crippen LogP contribution in [0.25, 0.3) is 0 Å². The summed E-state index contributed by atoms with van der Waals surface area (Å²) >= 11 is 0. The number of hydrogen-bond donors (Lipinski definition) is 1. The maximum atomic E-state index is 11.8. The average molecular weight is 258 g/mol. The quantitative estimate of drug-likeness (QED) is 0.759. The Kier molecular flexibility index (Phi) is 4.21. The summed E-state index contributed by atoms with van der Waals surface area (Å²) in [6.07, 6.45) is 0.913. The molecular formula is C12H22N2O4. The number of nitrogens with zero attached hydrogens (tertiary/aromatic N) is 1. The van der Waals surface area contributed by atoms with Gasteiger partial charge in [0.15, 0.2) is 0 Å². The van der Waals surface area contributed by atoms with Crippen molar-refractivity contribution in [2.24, 2.45) is 0 Å². The number of hydrazine groups is 1. The molecular weight excluding hydrogens is 236 g/mol. The lowest BCUT2D eigenvalue weighted by Crippen LogP contribution is -2.57. The van der Waals surface area contributed by atoms with E-state index in [4.69, 9.17) is 9.47 Å². The third-order valence-electron chi connectivity index (χ3n) is 2.89. The standard InChI is InChI=1S/C12H22N2O4/c1-11(2,3)18-10(16)13-14-8-6-7-12(14,4)9(15)17-5/h6-8H2,1-5H3,(H,13,16)/t12-/m1/s1. The lowest BCUT2D eigenvalue weighted by atomic mass is 10.0. The van der Waals surface area contributed by atoms with Gasteiger partial charge in [-0.3, -0.25) is 5.43 Å². The number of amides is 1. The molecule has 0 radical (unpaired) electrons. The maximum absolute atomic E-state index is 11.8. The molecule has 1 atom stereocenters. The SMILES string of the molecule is COC(=O)[C@@]1(C)CCCN1NC(=O)OC(C)(C)C. The fraction of sp³-hybridized carbons (Fsp3) is 0.833. The summed E-state index contributed by atoms with van der Waals surface area (Å²) in [7, 11) is 1.34. The van der Waals surface area contributed by atoms with Gasteiger partial charge in [0.2, 0.25) is 0 Å². The van der Waals surface area contributed by atoms with E-state index in [-0.39, 0.29) is 5.97 Å². The molecule has 0 unspecified atom stereocenters. The molecule has 1 aliphatic heterocycles. The topological polar surface area (TPSA) is 67.9 Å². The summed E-state index contributed by atoms with van der Waals surface area (Å²) in [4.78, 5) is 23.4. The molecule has 6 heteroatoms. The smallest absolute Gasteiger partial charge is 0.422 e. The summed E-state index contributed by atoms with van der Waals surface area (Å²) in [5, 5.41) is 1.59. The van der Waals surface area contributed by atoms with Gasteiger partial charge in [-0.1, -0.05) is 0 Å². The van der Waals surface area contributed by atoms with E-state index in [0.717, 1.165) is 6.42 Å². The first kappa shape index (κ1) is 14.8. The minimum atomic E-state index is -0.814. The molecule has 1 amide bonds. The van der Waals surface area contributed by atoms with E-state index in [9.17, 15) is 9.59 Å². The first-order chi connectivity index (χ1) is 8.19. The Morgan fingerprint density at radius 2 is 1.94 bits per heavy atom. The van der Waals surface area contributed by atoms with Crippen LogP contribution in [0, 0.1) is 0 Å². The van der Waals surface area contributed by atoms with Crippen LogP contribution in [0.2, 0.25) is 0 Å². The van der Waals surface area contributed by atoms with Crippen LogP contribution < -0.4 is 5.43 Å². The maximum Gasteiger partial charge on any atom is 0.422 e. The van der Waals surface area contributed by atoms with E-state index in [0.29, 0.717) is 13.0 Å². The zero-order valence-corrected chi connectivity index (χ0v) is 11.7. The van der Waals surface area contributed by atoms with Crippen LogP contribution in [-0.2, 0) is 14.3 Å². The van der Waals surface area contributed by atoms with Gasteiger partial charge in [0, 0.05) is 6.54 Å². The first-order valence-corrected chi connectivity index (χ1v) is 6.05. The zero-order chi connectivity index (χ0) is 14.0. The van der Waals surface area contributed by atoms with Gasteiger partial charge in [-0.15, -0.1) is 0 Å². The summed E-state index contributed by atoms with van der Waals surface area (Å²) < 4.78 is 9.94. The van der Waals surface area contributed by atoms with Crippen molar-refractivity contribution in [3.63, 3.8) is 0 Å². The van der Waals surface area contributed by atoms with E-state index >= 15 is 0 Å². The van der Waals surface area contributed by atoms with Gasteiger partial charge in [-0.05, 0) is 40.5 Å². The van der Waals surface area contributed by atoms with E-state index in [1.54, 1.807) is 32.7 Å². The molecule has 1 saturated heterocycles. The number of methoxy groups -OCH3 is 1. The zero-order valence-electron chi connectivity index (χ0n) is 11.7. The summed E-state index contributed by atoms with van der Waals surface area (Å²) in [6, 6.07) is 0. The summed E-state index contributed by atoms with van der Waals surface area (Å²) in [6.45, 7) is 7.72. The minimum absolute atomic E-state index is 0.351. The van der Waals surface area contributed by atoms with Gasteiger partial charge in [0.05, 0.1) is 7.11 Å². The molecule has 1 heterocycles. The highest BCUT2D eigenvalue weighted by Gasteiger charge is 2.45. The molecule has 0 aromatic heterocycles. The highest BCUT2D eigenvalue weighted by Crippen LogP contribution is 2.28. The highest BCUT2D eigenvalue weighted by atomic mass is 16.6. The second kappa shape index (κ2) is 5.14. The molecule has 104 valence electrons. The third kappa shape index (κ3) is 3.35. The Labute approximate surface area is 108 Å². The number of carbonyl (C=O) groups is 2. The second-order valence-corrected chi connectivity index (χ2v) is 5.63. The molecule has 0 aromatic carbocycles. The fourth-order valence-electron chi connectivity index (χ4n) is 1.99. The molecule has 18 heavy (non-hydrogen) atoms. The number of nitrogens with one attached hydrogen (secondary N) is 1. The Hall–Kier alpha value is -1.30. The molecule has 0 aliphatic carbocycles. The summed E-state index contributed by atoms with van der Waals surface area (Å²) in [5.41, 5.74) is 1.23. The van der Waals surface area contributed by atoms with Gasteiger partial charge in [-0.2, -0.15) is 0 Å². The molecule has 1 aliphatic rings. The van der Waals surface area contributed by atoms with Crippen LogP contribution in [0.3, 0.4) is 0 Å². The largest absolute Gasteiger partial charge is 0.468 e. The van der Waals surface area contributed by atoms with Gasteiger partial charge < -0.3 is 9.47 Å². The van der Waals surface area contributed by atoms with E-state index in [1.165, 1.54) is 7.11 Å². The van der Waals surface area contributed by atoms with Crippen molar-refractivity contribution in [2.45, 2.75) is 51.7 Å².